The minimum absolute atomic E-state index is 0.205. The summed E-state index contributed by atoms with van der Waals surface area (Å²) >= 11 is 12.2. The number of halogens is 2. The monoisotopic (exact) mass is 281 g/mol. The lowest BCUT2D eigenvalue weighted by molar-refractivity contribution is 0.855. The van der Waals surface area contributed by atoms with E-state index < -0.39 is 0 Å². The van der Waals surface area contributed by atoms with E-state index in [1.54, 1.807) is 18.2 Å². The molecule has 0 aliphatic carbocycles. The molecule has 94 valence electrons. The van der Waals surface area contributed by atoms with Crippen molar-refractivity contribution in [2.75, 3.05) is 5.73 Å². The van der Waals surface area contributed by atoms with E-state index in [9.17, 15) is 0 Å². The van der Waals surface area contributed by atoms with E-state index in [4.69, 9.17) is 28.9 Å². The molecule has 0 saturated carbocycles. The van der Waals surface area contributed by atoms with Gasteiger partial charge >= 0.3 is 0 Å². The fourth-order valence-corrected chi connectivity index (χ4v) is 2.25. The number of benzene rings is 1. The first kappa shape index (κ1) is 13.1. The summed E-state index contributed by atoms with van der Waals surface area (Å²) in [5, 5.41) is 1.21. The van der Waals surface area contributed by atoms with Crippen LogP contribution in [-0.2, 0) is 0 Å². The van der Waals surface area contributed by atoms with Gasteiger partial charge in [0.05, 0.1) is 10.7 Å². The summed E-state index contributed by atoms with van der Waals surface area (Å²) in [5.41, 5.74) is 8.33. The second-order valence-corrected chi connectivity index (χ2v) is 5.14. The van der Waals surface area contributed by atoms with Crippen LogP contribution in [0.15, 0.2) is 24.5 Å². The first-order chi connectivity index (χ1) is 8.50. The van der Waals surface area contributed by atoms with Crippen molar-refractivity contribution in [1.82, 2.24) is 9.97 Å². The molecular weight excluding hydrogens is 269 g/mol. The minimum Gasteiger partial charge on any atom is -0.383 e. The third-order valence-electron chi connectivity index (χ3n) is 2.68. The Morgan fingerprint density at radius 2 is 1.89 bits per heavy atom. The molecule has 2 N–H and O–H groups in total. The van der Waals surface area contributed by atoms with Gasteiger partial charge in [0, 0.05) is 16.1 Å². The molecule has 0 aliphatic rings. The molecule has 18 heavy (non-hydrogen) atoms. The van der Waals surface area contributed by atoms with Crippen LogP contribution in [0.1, 0.15) is 25.3 Å². The molecule has 0 radical (unpaired) electrons. The summed E-state index contributed by atoms with van der Waals surface area (Å²) in [6.07, 6.45) is 1.44. The quantitative estimate of drug-likeness (QED) is 0.899. The van der Waals surface area contributed by atoms with Crippen molar-refractivity contribution in [1.29, 1.82) is 0 Å². The van der Waals surface area contributed by atoms with E-state index in [0.717, 1.165) is 16.8 Å². The normalized spacial score (nSPS) is 10.9. The Bertz CT molecular complexity index is 582. The summed E-state index contributed by atoms with van der Waals surface area (Å²) in [6.45, 7) is 4.08. The lowest BCUT2D eigenvalue weighted by Crippen LogP contribution is -2.04. The van der Waals surface area contributed by atoms with Gasteiger partial charge in [-0.05, 0) is 24.1 Å². The molecule has 1 heterocycles. The highest BCUT2D eigenvalue weighted by Crippen LogP contribution is 2.35. The van der Waals surface area contributed by atoms with E-state index in [-0.39, 0.29) is 5.92 Å². The van der Waals surface area contributed by atoms with E-state index >= 15 is 0 Å². The van der Waals surface area contributed by atoms with E-state index in [2.05, 4.69) is 9.97 Å². The summed E-state index contributed by atoms with van der Waals surface area (Å²) in [6, 6.07) is 5.28. The van der Waals surface area contributed by atoms with Crippen LogP contribution in [0.5, 0.6) is 0 Å². The van der Waals surface area contributed by atoms with Crippen LogP contribution >= 0.6 is 23.2 Å². The second kappa shape index (κ2) is 5.12. The molecule has 5 heteroatoms. The fraction of sp³-hybridized carbons (Fsp3) is 0.231. The highest BCUT2D eigenvalue weighted by molar-refractivity contribution is 6.35. The van der Waals surface area contributed by atoms with Crippen molar-refractivity contribution in [3.05, 3.63) is 40.1 Å². The summed E-state index contributed by atoms with van der Waals surface area (Å²) in [4.78, 5) is 8.33. The van der Waals surface area contributed by atoms with Gasteiger partial charge in [-0.1, -0.05) is 37.0 Å². The molecule has 0 bridgehead atoms. The van der Waals surface area contributed by atoms with Crippen LogP contribution in [0.25, 0.3) is 11.3 Å². The number of hydrogen-bond acceptors (Lipinski definition) is 3. The average Bonchev–Trinajstić information content (AvgIpc) is 2.31. The van der Waals surface area contributed by atoms with Crippen molar-refractivity contribution in [3.63, 3.8) is 0 Å². The largest absolute Gasteiger partial charge is 0.383 e. The van der Waals surface area contributed by atoms with Gasteiger partial charge in [-0.3, -0.25) is 0 Å². The predicted octanol–water partition coefficient (Wildman–Crippen LogP) is 4.16. The number of hydrogen-bond donors (Lipinski definition) is 1. The molecule has 1 aromatic carbocycles. The van der Waals surface area contributed by atoms with Crippen molar-refractivity contribution >= 4 is 29.0 Å². The molecule has 0 spiro atoms. The number of aromatic nitrogens is 2. The number of nitrogens with zero attached hydrogens (tertiary/aromatic N) is 2. The molecule has 3 nitrogen and oxygen atoms in total. The summed E-state index contributed by atoms with van der Waals surface area (Å²) in [5.74, 6) is 0.683. The molecule has 1 aromatic heterocycles. The minimum atomic E-state index is 0.205. The summed E-state index contributed by atoms with van der Waals surface area (Å²) in [7, 11) is 0. The van der Waals surface area contributed by atoms with Crippen LogP contribution in [0.4, 0.5) is 5.82 Å². The molecule has 0 amide bonds. The molecule has 2 rings (SSSR count). The molecule has 0 saturated heterocycles. The average molecular weight is 282 g/mol. The van der Waals surface area contributed by atoms with E-state index in [0.29, 0.717) is 15.9 Å². The lowest BCUT2D eigenvalue weighted by atomic mass is 9.97. The molecule has 0 unspecified atom stereocenters. The van der Waals surface area contributed by atoms with Crippen molar-refractivity contribution in [2.24, 2.45) is 0 Å². The van der Waals surface area contributed by atoms with Gasteiger partial charge in [0.15, 0.2) is 0 Å². The van der Waals surface area contributed by atoms with E-state index in [1.165, 1.54) is 6.33 Å². The van der Waals surface area contributed by atoms with Gasteiger partial charge in [-0.15, -0.1) is 0 Å². The van der Waals surface area contributed by atoms with E-state index in [1.807, 2.05) is 13.8 Å². The fourth-order valence-electron chi connectivity index (χ4n) is 1.87. The predicted molar refractivity (Wildman–Crippen MR) is 76.0 cm³/mol. The highest BCUT2D eigenvalue weighted by atomic mass is 35.5. The standard InChI is InChI=1S/C13H13Cl2N3/c1-7(2)11-12(17-6-18-13(11)16)9-5-8(14)3-4-10(9)15/h3-7H,1-2H3,(H2,16,17,18). The molecular formula is C13H13Cl2N3. The maximum absolute atomic E-state index is 6.20. The van der Waals surface area contributed by atoms with Crippen molar-refractivity contribution < 1.29 is 0 Å². The van der Waals surface area contributed by atoms with Gasteiger partial charge in [0.1, 0.15) is 12.1 Å². The Morgan fingerprint density at radius 3 is 2.56 bits per heavy atom. The highest BCUT2D eigenvalue weighted by Gasteiger charge is 2.16. The number of nitrogen functional groups attached to an aromatic ring is 1. The SMILES string of the molecule is CC(C)c1c(N)ncnc1-c1cc(Cl)ccc1Cl. The maximum Gasteiger partial charge on any atom is 0.130 e. The van der Waals surface area contributed by atoms with Crippen LogP contribution < -0.4 is 5.73 Å². The van der Waals surface area contributed by atoms with Gasteiger partial charge in [-0.2, -0.15) is 0 Å². The van der Waals surface area contributed by atoms with Gasteiger partial charge < -0.3 is 5.73 Å². The Labute approximate surface area is 116 Å². The lowest BCUT2D eigenvalue weighted by Gasteiger charge is -2.14. The van der Waals surface area contributed by atoms with Crippen molar-refractivity contribution in [3.8, 4) is 11.3 Å². The zero-order valence-corrected chi connectivity index (χ0v) is 11.6. The molecule has 2 aromatic rings. The smallest absolute Gasteiger partial charge is 0.130 e. The van der Waals surface area contributed by atoms with Crippen LogP contribution in [0.3, 0.4) is 0 Å². The molecule has 0 fully saturated rings. The third-order valence-corrected chi connectivity index (χ3v) is 3.24. The molecule has 0 aliphatic heterocycles. The van der Waals surface area contributed by atoms with Gasteiger partial charge in [0.2, 0.25) is 0 Å². The first-order valence-electron chi connectivity index (χ1n) is 5.56. The second-order valence-electron chi connectivity index (χ2n) is 4.30. The Kier molecular flexibility index (Phi) is 3.73. The summed E-state index contributed by atoms with van der Waals surface area (Å²) < 4.78 is 0. The topological polar surface area (TPSA) is 51.8 Å². The van der Waals surface area contributed by atoms with Crippen LogP contribution in [0, 0.1) is 0 Å². The maximum atomic E-state index is 6.20. The van der Waals surface area contributed by atoms with Crippen LogP contribution in [-0.4, -0.2) is 9.97 Å². The number of rotatable bonds is 2. The Balaban J connectivity index is 2.71. The Morgan fingerprint density at radius 1 is 1.17 bits per heavy atom. The Hall–Kier alpha value is -1.32. The number of nitrogens with two attached hydrogens (primary N) is 1. The molecule has 0 atom stereocenters. The first-order valence-corrected chi connectivity index (χ1v) is 6.32. The zero-order valence-electron chi connectivity index (χ0n) is 10.1. The third kappa shape index (κ3) is 2.42. The van der Waals surface area contributed by atoms with Gasteiger partial charge in [0.25, 0.3) is 0 Å². The zero-order chi connectivity index (χ0) is 13.3. The van der Waals surface area contributed by atoms with Crippen LogP contribution in [0.2, 0.25) is 10.0 Å². The van der Waals surface area contributed by atoms with Gasteiger partial charge in [-0.25, -0.2) is 9.97 Å². The van der Waals surface area contributed by atoms with Crippen molar-refractivity contribution in [2.45, 2.75) is 19.8 Å². The number of anilines is 1.